The van der Waals surface area contributed by atoms with Crippen molar-refractivity contribution < 1.29 is 9.13 Å². The molecule has 1 saturated carbocycles. The molecule has 0 bridgehead atoms. The standard InChI is InChI=1S/C10H12FNO/c1-7-4-9(10(11)12-5-7)13-6-8-2-3-8/h4-5,8H,2-3,6H2,1H3. The van der Waals surface area contributed by atoms with Gasteiger partial charge in [-0.25, -0.2) is 4.98 Å². The third-order valence-electron chi connectivity index (χ3n) is 2.12. The van der Waals surface area contributed by atoms with Gasteiger partial charge in [-0.1, -0.05) is 0 Å². The summed E-state index contributed by atoms with van der Waals surface area (Å²) >= 11 is 0. The Morgan fingerprint density at radius 1 is 1.62 bits per heavy atom. The Bertz CT molecular complexity index is 310. The number of aromatic nitrogens is 1. The van der Waals surface area contributed by atoms with E-state index in [9.17, 15) is 4.39 Å². The van der Waals surface area contributed by atoms with Gasteiger partial charge < -0.3 is 4.74 Å². The van der Waals surface area contributed by atoms with Crippen LogP contribution >= 0.6 is 0 Å². The molecule has 2 nitrogen and oxygen atoms in total. The van der Waals surface area contributed by atoms with E-state index < -0.39 is 5.95 Å². The highest BCUT2D eigenvalue weighted by molar-refractivity contribution is 5.24. The van der Waals surface area contributed by atoms with Crippen molar-refractivity contribution in [2.75, 3.05) is 6.61 Å². The van der Waals surface area contributed by atoms with E-state index in [0.717, 1.165) is 5.56 Å². The third kappa shape index (κ3) is 2.17. The normalized spacial score (nSPS) is 15.8. The summed E-state index contributed by atoms with van der Waals surface area (Å²) in [7, 11) is 0. The molecule has 13 heavy (non-hydrogen) atoms. The SMILES string of the molecule is Cc1cnc(F)c(OCC2CC2)c1. The zero-order chi connectivity index (χ0) is 9.26. The molecule has 0 amide bonds. The van der Waals surface area contributed by atoms with Crippen LogP contribution in [0.5, 0.6) is 5.75 Å². The van der Waals surface area contributed by atoms with Gasteiger partial charge in [0.25, 0.3) is 5.95 Å². The van der Waals surface area contributed by atoms with Gasteiger partial charge in [0.05, 0.1) is 6.61 Å². The molecule has 3 heteroatoms. The smallest absolute Gasteiger partial charge is 0.255 e. The van der Waals surface area contributed by atoms with E-state index in [2.05, 4.69) is 4.98 Å². The number of hydrogen-bond donors (Lipinski definition) is 0. The van der Waals surface area contributed by atoms with E-state index in [1.807, 2.05) is 6.92 Å². The average Bonchev–Trinajstić information content (AvgIpc) is 2.90. The highest BCUT2D eigenvalue weighted by Crippen LogP contribution is 2.29. The Labute approximate surface area is 76.7 Å². The summed E-state index contributed by atoms with van der Waals surface area (Å²) in [4.78, 5) is 3.59. The zero-order valence-corrected chi connectivity index (χ0v) is 7.59. The average molecular weight is 181 g/mol. The maximum atomic E-state index is 13.0. The van der Waals surface area contributed by atoms with Gasteiger partial charge in [0, 0.05) is 6.20 Å². The summed E-state index contributed by atoms with van der Waals surface area (Å²) < 4.78 is 18.3. The summed E-state index contributed by atoms with van der Waals surface area (Å²) in [5.41, 5.74) is 0.923. The van der Waals surface area contributed by atoms with Crippen LogP contribution in [-0.2, 0) is 0 Å². The van der Waals surface area contributed by atoms with Gasteiger partial charge in [-0.05, 0) is 37.3 Å². The Morgan fingerprint density at radius 3 is 3.08 bits per heavy atom. The fourth-order valence-electron chi connectivity index (χ4n) is 1.12. The van der Waals surface area contributed by atoms with Gasteiger partial charge >= 0.3 is 0 Å². The number of nitrogens with zero attached hydrogens (tertiary/aromatic N) is 1. The van der Waals surface area contributed by atoms with E-state index in [4.69, 9.17) is 4.74 Å². The Morgan fingerprint density at radius 2 is 2.38 bits per heavy atom. The topological polar surface area (TPSA) is 22.1 Å². The molecule has 0 saturated heterocycles. The van der Waals surface area contributed by atoms with Crippen LogP contribution in [0.25, 0.3) is 0 Å². The largest absolute Gasteiger partial charge is 0.488 e. The lowest BCUT2D eigenvalue weighted by Gasteiger charge is -2.05. The lowest BCUT2D eigenvalue weighted by atomic mass is 10.3. The zero-order valence-electron chi connectivity index (χ0n) is 7.59. The highest BCUT2D eigenvalue weighted by Gasteiger charge is 2.22. The minimum absolute atomic E-state index is 0.284. The third-order valence-corrected chi connectivity index (χ3v) is 2.12. The van der Waals surface area contributed by atoms with E-state index >= 15 is 0 Å². The molecule has 2 rings (SSSR count). The first kappa shape index (κ1) is 8.48. The molecule has 1 aromatic rings. The van der Waals surface area contributed by atoms with Crippen molar-refractivity contribution in [1.82, 2.24) is 4.98 Å². The van der Waals surface area contributed by atoms with Crippen molar-refractivity contribution in [3.05, 3.63) is 23.8 Å². The van der Waals surface area contributed by atoms with Crippen molar-refractivity contribution >= 4 is 0 Å². The fourth-order valence-corrected chi connectivity index (χ4v) is 1.12. The highest BCUT2D eigenvalue weighted by atomic mass is 19.1. The van der Waals surface area contributed by atoms with Gasteiger partial charge in [0.2, 0.25) is 0 Å². The number of ether oxygens (including phenoxy) is 1. The van der Waals surface area contributed by atoms with Crippen molar-refractivity contribution in [2.24, 2.45) is 5.92 Å². The molecule has 70 valence electrons. The van der Waals surface area contributed by atoms with Crippen molar-refractivity contribution in [2.45, 2.75) is 19.8 Å². The van der Waals surface area contributed by atoms with Crippen LogP contribution in [0.15, 0.2) is 12.3 Å². The van der Waals surface area contributed by atoms with Crippen molar-refractivity contribution in [3.8, 4) is 5.75 Å². The van der Waals surface area contributed by atoms with Crippen LogP contribution in [0.3, 0.4) is 0 Å². The molecule has 0 aromatic carbocycles. The molecule has 0 atom stereocenters. The van der Waals surface area contributed by atoms with E-state index in [0.29, 0.717) is 12.5 Å². The molecule has 1 aliphatic rings. The first-order chi connectivity index (χ1) is 6.25. The molecule has 1 heterocycles. The lowest BCUT2D eigenvalue weighted by Crippen LogP contribution is -2.02. The molecule has 0 spiro atoms. The van der Waals surface area contributed by atoms with Crippen LogP contribution < -0.4 is 4.74 Å². The molecule has 0 aliphatic heterocycles. The number of rotatable bonds is 3. The second kappa shape index (κ2) is 3.32. The molecular weight excluding hydrogens is 169 g/mol. The summed E-state index contributed by atoms with van der Waals surface area (Å²) in [6.45, 7) is 2.50. The fraction of sp³-hybridized carbons (Fsp3) is 0.500. The molecule has 1 aromatic heterocycles. The number of pyridine rings is 1. The van der Waals surface area contributed by atoms with E-state index in [-0.39, 0.29) is 5.75 Å². The predicted octanol–water partition coefficient (Wildman–Crippen LogP) is 2.32. The number of aryl methyl sites for hydroxylation is 1. The molecule has 0 unspecified atom stereocenters. The predicted molar refractivity (Wildman–Crippen MR) is 47.2 cm³/mol. The van der Waals surface area contributed by atoms with Gasteiger partial charge in [0.15, 0.2) is 5.75 Å². The first-order valence-electron chi connectivity index (χ1n) is 4.50. The van der Waals surface area contributed by atoms with E-state index in [1.54, 1.807) is 6.07 Å². The Hall–Kier alpha value is -1.12. The van der Waals surface area contributed by atoms with Gasteiger partial charge in [0.1, 0.15) is 0 Å². The monoisotopic (exact) mass is 181 g/mol. The second-order valence-corrected chi connectivity index (χ2v) is 3.56. The molecule has 0 N–H and O–H groups in total. The minimum atomic E-state index is -0.508. The second-order valence-electron chi connectivity index (χ2n) is 3.56. The maximum Gasteiger partial charge on any atom is 0.255 e. The Balaban J connectivity index is 2.03. The quantitative estimate of drug-likeness (QED) is 0.667. The summed E-state index contributed by atoms with van der Waals surface area (Å²) in [6.07, 6.45) is 3.92. The summed E-state index contributed by atoms with van der Waals surface area (Å²) in [6, 6.07) is 1.69. The van der Waals surface area contributed by atoms with Crippen molar-refractivity contribution in [1.29, 1.82) is 0 Å². The van der Waals surface area contributed by atoms with Crippen LogP contribution in [0, 0.1) is 18.8 Å². The van der Waals surface area contributed by atoms with Crippen LogP contribution in [0.2, 0.25) is 0 Å². The number of halogens is 1. The van der Waals surface area contributed by atoms with E-state index in [1.165, 1.54) is 19.0 Å². The first-order valence-corrected chi connectivity index (χ1v) is 4.50. The lowest BCUT2D eigenvalue weighted by molar-refractivity contribution is 0.281. The van der Waals surface area contributed by atoms with Gasteiger partial charge in [-0.15, -0.1) is 0 Å². The van der Waals surface area contributed by atoms with Crippen LogP contribution in [0.4, 0.5) is 4.39 Å². The van der Waals surface area contributed by atoms with Gasteiger partial charge in [-0.3, -0.25) is 0 Å². The maximum absolute atomic E-state index is 13.0. The molecule has 1 fully saturated rings. The molecule has 0 radical (unpaired) electrons. The van der Waals surface area contributed by atoms with Crippen LogP contribution in [0.1, 0.15) is 18.4 Å². The minimum Gasteiger partial charge on any atom is -0.488 e. The summed E-state index contributed by atoms with van der Waals surface area (Å²) in [5, 5.41) is 0. The van der Waals surface area contributed by atoms with Crippen molar-refractivity contribution in [3.63, 3.8) is 0 Å². The summed E-state index contributed by atoms with van der Waals surface area (Å²) in [5.74, 6) is 0.415. The molecule has 1 aliphatic carbocycles. The number of hydrogen-bond acceptors (Lipinski definition) is 2. The van der Waals surface area contributed by atoms with Gasteiger partial charge in [-0.2, -0.15) is 4.39 Å². The Kier molecular flexibility index (Phi) is 2.17. The van der Waals surface area contributed by atoms with Crippen LogP contribution in [-0.4, -0.2) is 11.6 Å². The molecular formula is C10H12FNO.